The van der Waals surface area contributed by atoms with Crippen molar-refractivity contribution in [1.29, 1.82) is 0 Å². The van der Waals surface area contributed by atoms with E-state index in [2.05, 4.69) is 5.32 Å². The molecule has 3 rings (SSSR count). The van der Waals surface area contributed by atoms with Gasteiger partial charge >= 0.3 is 0 Å². The zero-order valence-corrected chi connectivity index (χ0v) is 14.0. The summed E-state index contributed by atoms with van der Waals surface area (Å²) in [4.78, 5) is 36.9. The van der Waals surface area contributed by atoms with Crippen molar-refractivity contribution in [3.05, 3.63) is 53.1 Å². The van der Waals surface area contributed by atoms with Gasteiger partial charge in [-0.2, -0.15) is 0 Å². The molecule has 0 aliphatic carbocycles. The summed E-state index contributed by atoms with van der Waals surface area (Å²) in [5, 5.41) is 2.79. The standard InChI is InChI=1S/C19H18N2O4/c1-12-3-5-15(7-13(12)2)20-18(23)9-21-16-8-14(10-22)4-6-17(16)25-11-19(21)24/h3-8,10H,9,11H2,1-2H3,(H,20,23). The highest BCUT2D eigenvalue weighted by Crippen LogP contribution is 2.32. The number of aryl methyl sites for hydroxylation is 2. The molecule has 2 aromatic carbocycles. The molecule has 0 saturated carbocycles. The Morgan fingerprint density at radius 2 is 2.00 bits per heavy atom. The van der Waals surface area contributed by atoms with E-state index in [0.717, 1.165) is 11.1 Å². The lowest BCUT2D eigenvalue weighted by molar-refractivity contribution is -0.123. The van der Waals surface area contributed by atoms with E-state index in [4.69, 9.17) is 4.74 Å². The topological polar surface area (TPSA) is 75.7 Å². The minimum Gasteiger partial charge on any atom is -0.482 e. The smallest absolute Gasteiger partial charge is 0.265 e. The van der Waals surface area contributed by atoms with Crippen LogP contribution in [0.3, 0.4) is 0 Å². The molecule has 0 bridgehead atoms. The molecule has 25 heavy (non-hydrogen) atoms. The number of rotatable bonds is 4. The molecule has 1 aliphatic rings. The van der Waals surface area contributed by atoms with E-state index >= 15 is 0 Å². The molecule has 0 aromatic heterocycles. The zero-order chi connectivity index (χ0) is 18.0. The SMILES string of the molecule is Cc1ccc(NC(=O)CN2C(=O)COc3ccc(C=O)cc32)cc1C. The molecule has 0 saturated heterocycles. The first-order valence-electron chi connectivity index (χ1n) is 7.87. The van der Waals surface area contributed by atoms with Crippen molar-refractivity contribution < 1.29 is 19.1 Å². The molecule has 2 amide bonds. The van der Waals surface area contributed by atoms with E-state index in [1.165, 1.54) is 4.90 Å². The quantitative estimate of drug-likeness (QED) is 0.869. The van der Waals surface area contributed by atoms with Gasteiger partial charge in [0.2, 0.25) is 5.91 Å². The van der Waals surface area contributed by atoms with Gasteiger partial charge in [-0.25, -0.2) is 0 Å². The summed E-state index contributed by atoms with van der Waals surface area (Å²) in [7, 11) is 0. The number of benzene rings is 2. The molecule has 1 N–H and O–H groups in total. The Labute approximate surface area is 145 Å². The monoisotopic (exact) mass is 338 g/mol. The van der Waals surface area contributed by atoms with Crippen LogP contribution in [0, 0.1) is 13.8 Å². The molecule has 128 valence electrons. The number of anilines is 2. The Kier molecular flexibility index (Phi) is 4.52. The van der Waals surface area contributed by atoms with Gasteiger partial charge in [0.25, 0.3) is 5.91 Å². The highest BCUT2D eigenvalue weighted by Gasteiger charge is 2.27. The van der Waals surface area contributed by atoms with Gasteiger partial charge in [0.15, 0.2) is 6.61 Å². The maximum atomic E-state index is 12.4. The fourth-order valence-electron chi connectivity index (χ4n) is 2.63. The Hall–Kier alpha value is -3.15. The van der Waals surface area contributed by atoms with Gasteiger partial charge < -0.3 is 10.1 Å². The van der Waals surface area contributed by atoms with Crippen molar-refractivity contribution in [3.8, 4) is 5.75 Å². The molecule has 0 fully saturated rings. The second-order valence-corrected chi connectivity index (χ2v) is 5.96. The Balaban J connectivity index is 1.79. The number of hydrogen-bond donors (Lipinski definition) is 1. The van der Waals surface area contributed by atoms with E-state index in [-0.39, 0.29) is 25.0 Å². The van der Waals surface area contributed by atoms with E-state index in [1.54, 1.807) is 18.2 Å². The summed E-state index contributed by atoms with van der Waals surface area (Å²) < 4.78 is 5.36. The summed E-state index contributed by atoms with van der Waals surface area (Å²) >= 11 is 0. The van der Waals surface area contributed by atoms with E-state index in [9.17, 15) is 14.4 Å². The van der Waals surface area contributed by atoms with Crippen molar-refractivity contribution in [1.82, 2.24) is 0 Å². The van der Waals surface area contributed by atoms with Crippen LogP contribution in [0.2, 0.25) is 0 Å². The van der Waals surface area contributed by atoms with Gasteiger partial charge in [-0.15, -0.1) is 0 Å². The number of ether oxygens (including phenoxy) is 1. The average Bonchev–Trinajstić information content (AvgIpc) is 2.60. The van der Waals surface area contributed by atoms with Crippen LogP contribution < -0.4 is 15.0 Å². The molecular formula is C19H18N2O4. The largest absolute Gasteiger partial charge is 0.482 e. The summed E-state index contributed by atoms with van der Waals surface area (Å²) in [6.07, 6.45) is 0.687. The van der Waals surface area contributed by atoms with Gasteiger partial charge in [-0.1, -0.05) is 6.07 Å². The predicted octanol–water partition coefficient (Wildman–Crippen LogP) is 2.48. The van der Waals surface area contributed by atoms with Crippen LogP contribution in [-0.2, 0) is 9.59 Å². The first kappa shape index (κ1) is 16.7. The van der Waals surface area contributed by atoms with Crippen molar-refractivity contribution in [2.45, 2.75) is 13.8 Å². The van der Waals surface area contributed by atoms with E-state index in [1.807, 2.05) is 32.0 Å². The second-order valence-electron chi connectivity index (χ2n) is 5.96. The van der Waals surface area contributed by atoms with Crippen LogP contribution in [0.25, 0.3) is 0 Å². The molecular weight excluding hydrogens is 320 g/mol. The molecule has 1 aliphatic heterocycles. The number of fused-ring (bicyclic) bond motifs is 1. The van der Waals surface area contributed by atoms with Crippen LogP contribution in [0.4, 0.5) is 11.4 Å². The van der Waals surface area contributed by atoms with Crippen LogP contribution in [0.5, 0.6) is 5.75 Å². The number of carbonyl (C=O) groups is 3. The molecule has 0 radical (unpaired) electrons. The summed E-state index contributed by atoms with van der Waals surface area (Å²) in [6, 6.07) is 10.4. The minimum atomic E-state index is -0.328. The van der Waals surface area contributed by atoms with Crippen molar-refractivity contribution in [2.75, 3.05) is 23.4 Å². The lowest BCUT2D eigenvalue weighted by Gasteiger charge is -2.29. The third-order valence-corrected chi connectivity index (χ3v) is 4.15. The third kappa shape index (κ3) is 3.52. The molecule has 0 atom stereocenters. The van der Waals surface area contributed by atoms with E-state index in [0.29, 0.717) is 29.0 Å². The van der Waals surface area contributed by atoms with Crippen molar-refractivity contribution >= 4 is 29.5 Å². The van der Waals surface area contributed by atoms with Crippen LogP contribution >= 0.6 is 0 Å². The fraction of sp³-hybridized carbons (Fsp3) is 0.211. The van der Waals surface area contributed by atoms with Gasteiger partial charge in [0.1, 0.15) is 18.6 Å². The van der Waals surface area contributed by atoms with Crippen LogP contribution in [0.1, 0.15) is 21.5 Å². The summed E-state index contributed by atoms with van der Waals surface area (Å²) in [6.45, 7) is 3.68. The van der Waals surface area contributed by atoms with Crippen LogP contribution in [-0.4, -0.2) is 31.3 Å². The maximum absolute atomic E-state index is 12.4. The van der Waals surface area contributed by atoms with Crippen molar-refractivity contribution in [3.63, 3.8) is 0 Å². The Morgan fingerprint density at radius 1 is 1.20 bits per heavy atom. The first-order chi connectivity index (χ1) is 12.0. The second kappa shape index (κ2) is 6.76. The molecule has 6 heteroatoms. The predicted molar refractivity (Wildman–Crippen MR) is 94.2 cm³/mol. The number of amides is 2. The van der Waals surface area contributed by atoms with Gasteiger partial charge in [-0.05, 0) is 55.3 Å². The minimum absolute atomic E-state index is 0.135. The lowest BCUT2D eigenvalue weighted by Crippen LogP contribution is -2.43. The number of nitrogens with one attached hydrogen (secondary N) is 1. The molecule has 6 nitrogen and oxygen atoms in total. The maximum Gasteiger partial charge on any atom is 0.265 e. The zero-order valence-electron chi connectivity index (χ0n) is 14.0. The first-order valence-corrected chi connectivity index (χ1v) is 7.87. The Morgan fingerprint density at radius 3 is 2.72 bits per heavy atom. The van der Waals surface area contributed by atoms with Gasteiger partial charge in [0, 0.05) is 11.3 Å². The summed E-state index contributed by atoms with van der Waals surface area (Å²) in [5.41, 5.74) is 3.72. The highest BCUT2D eigenvalue weighted by atomic mass is 16.5. The molecule has 0 unspecified atom stereocenters. The fourth-order valence-corrected chi connectivity index (χ4v) is 2.63. The average molecular weight is 338 g/mol. The molecule has 1 heterocycles. The van der Waals surface area contributed by atoms with Gasteiger partial charge in [-0.3, -0.25) is 19.3 Å². The highest BCUT2D eigenvalue weighted by molar-refractivity contribution is 6.05. The number of hydrogen-bond acceptors (Lipinski definition) is 4. The van der Waals surface area contributed by atoms with Crippen LogP contribution in [0.15, 0.2) is 36.4 Å². The molecule has 0 spiro atoms. The number of aldehydes is 1. The number of carbonyl (C=O) groups excluding carboxylic acids is 3. The normalized spacial score (nSPS) is 13.0. The summed E-state index contributed by atoms with van der Waals surface area (Å²) in [5.74, 6) is -0.170. The van der Waals surface area contributed by atoms with E-state index < -0.39 is 0 Å². The lowest BCUT2D eigenvalue weighted by atomic mass is 10.1. The Bertz CT molecular complexity index is 860. The third-order valence-electron chi connectivity index (χ3n) is 4.15. The number of nitrogens with zero attached hydrogens (tertiary/aromatic N) is 1. The van der Waals surface area contributed by atoms with Gasteiger partial charge in [0.05, 0.1) is 5.69 Å². The van der Waals surface area contributed by atoms with Crippen molar-refractivity contribution in [2.24, 2.45) is 0 Å². The molecule has 2 aromatic rings.